The first-order valence-electron chi connectivity index (χ1n) is 8.87. The Balaban J connectivity index is 1.71. The minimum absolute atomic E-state index is 0.0269. The van der Waals surface area contributed by atoms with E-state index in [9.17, 15) is 9.18 Å². The number of rotatable bonds is 3. The van der Waals surface area contributed by atoms with Crippen LogP contribution < -0.4 is 5.32 Å². The summed E-state index contributed by atoms with van der Waals surface area (Å²) < 4.78 is 13.1. The Bertz CT molecular complexity index is 1030. The lowest BCUT2D eigenvalue weighted by atomic mass is 9.74. The second-order valence-electron chi connectivity index (χ2n) is 6.73. The first-order valence-corrected chi connectivity index (χ1v) is 8.87. The highest BCUT2D eigenvalue weighted by molar-refractivity contribution is 6.06. The number of hydrogen-bond acceptors (Lipinski definition) is 1. The second kappa shape index (κ2) is 7.09. The minimum atomic E-state index is -0.731. The lowest BCUT2D eigenvalue weighted by Crippen LogP contribution is -2.36. The Morgan fingerprint density at radius 2 is 1.59 bits per heavy atom. The zero-order valence-corrected chi connectivity index (χ0v) is 14.7. The normalized spacial score (nSPS) is 17.6. The average molecular weight is 355 g/mol. The molecule has 0 aliphatic carbocycles. The van der Waals surface area contributed by atoms with Gasteiger partial charge >= 0.3 is 0 Å². The van der Waals surface area contributed by atoms with Crippen LogP contribution in [0.3, 0.4) is 0 Å². The van der Waals surface area contributed by atoms with E-state index in [0.717, 1.165) is 22.4 Å². The van der Waals surface area contributed by atoms with E-state index in [4.69, 9.17) is 0 Å². The van der Waals surface area contributed by atoms with Gasteiger partial charge in [-0.05, 0) is 47.9 Å². The van der Waals surface area contributed by atoms with Crippen LogP contribution in [-0.4, -0.2) is 5.91 Å². The largest absolute Gasteiger partial charge is 0.325 e. The zero-order chi connectivity index (χ0) is 18.7. The van der Waals surface area contributed by atoms with Crippen LogP contribution in [0.2, 0.25) is 0 Å². The van der Waals surface area contributed by atoms with E-state index in [-0.39, 0.29) is 11.7 Å². The highest BCUT2D eigenvalue weighted by Crippen LogP contribution is 2.42. The first kappa shape index (κ1) is 17.1. The summed E-state index contributed by atoms with van der Waals surface area (Å²) in [7, 11) is 0. The van der Waals surface area contributed by atoms with Crippen molar-refractivity contribution in [2.45, 2.75) is 18.3 Å². The van der Waals surface area contributed by atoms with Gasteiger partial charge in [-0.2, -0.15) is 0 Å². The van der Waals surface area contributed by atoms with Crippen molar-refractivity contribution in [3.05, 3.63) is 101 Å². The Hall–Kier alpha value is -3.38. The van der Waals surface area contributed by atoms with Gasteiger partial charge in [0, 0.05) is 17.7 Å². The highest BCUT2D eigenvalue weighted by atomic mass is 19.1. The molecule has 0 spiro atoms. The SMILES string of the molecule is O=C1Nc2ccccc2[C@]1(CC#Cc1ccc(F)cc1)Cc1ccccc1. The van der Waals surface area contributed by atoms with E-state index in [1.54, 1.807) is 12.1 Å². The van der Waals surface area contributed by atoms with Crippen LogP contribution in [0.1, 0.15) is 23.1 Å². The molecule has 1 aliphatic heterocycles. The summed E-state index contributed by atoms with van der Waals surface area (Å²) in [6.07, 6.45) is 0.969. The van der Waals surface area contributed by atoms with Crippen LogP contribution in [0.4, 0.5) is 10.1 Å². The van der Waals surface area contributed by atoms with Gasteiger partial charge in [-0.15, -0.1) is 0 Å². The van der Waals surface area contributed by atoms with Crippen LogP contribution in [-0.2, 0) is 16.6 Å². The Labute approximate surface area is 158 Å². The summed E-state index contributed by atoms with van der Waals surface area (Å²) in [5.74, 6) is 5.91. The van der Waals surface area contributed by atoms with Crippen molar-refractivity contribution in [2.24, 2.45) is 0 Å². The van der Waals surface area contributed by atoms with Crippen molar-refractivity contribution < 1.29 is 9.18 Å². The van der Waals surface area contributed by atoms with Crippen LogP contribution in [0.15, 0.2) is 78.9 Å². The molecule has 0 saturated heterocycles. The molecule has 0 aromatic heterocycles. The molecular formula is C24H18FNO. The maximum Gasteiger partial charge on any atom is 0.236 e. The van der Waals surface area contributed by atoms with Crippen molar-refractivity contribution in [2.75, 3.05) is 5.32 Å². The topological polar surface area (TPSA) is 29.1 Å². The number of amides is 1. The van der Waals surface area contributed by atoms with Crippen LogP contribution in [0.5, 0.6) is 0 Å². The first-order chi connectivity index (χ1) is 13.2. The lowest BCUT2D eigenvalue weighted by Gasteiger charge is -2.25. The molecule has 132 valence electrons. The molecule has 3 heteroatoms. The summed E-state index contributed by atoms with van der Waals surface area (Å²) in [5, 5.41) is 3.01. The molecule has 4 rings (SSSR count). The standard InChI is InChI=1S/C24H18FNO/c25-20-14-12-18(13-15-20)9-6-16-24(17-19-7-2-1-3-8-19)21-10-4-5-11-22(21)26-23(24)27/h1-5,7-8,10-15H,16-17H2,(H,26,27)/t24-/m0/s1. The number of halogens is 1. The maximum atomic E-state index is 13.1. The average Bonchev–Trinajstić information content (AvgIpc) is 2.96. The van der Waals surface area contributed by atoms with Crippen LogP contribution in [0, 0.1) is 17.7 Å². The monoisotopic (exact) mass is 355 g/mol. The van der Waals surface area contributed by atoms with Crippen molar-refractivity contribution in [3.63, 3.8) is 0 Å². The molecule has 0 bridgehead atoms. The van der Waals surface area contributed by atoms with Crippen molar-refractivity contribution in [1.29, 1.82) is 0 Å². The van der Waals surface area contributed by atoms with Gasteiger partial charge in [0.1, 0.15) is 5.82 Å². The summed E-state index contributed by atoms with van der Waals surface area (Å²) in [6, 6.07) is 23.8. The van der Waals surface area contributed by atoms with Crippen LogP contribution in [0.25, 0.3) is 0 Å². The third kappa shape index (κ3) is 3.35. The molecule has 3 aromatic rings. The molecule has 2 nitrogen and oxygen atoms in total. The molecule has 1 aliphatic rings. The number of fused-ring (bicyclic) bond motifs is 1. The quantitative estimate of drug-likeness (QED) is 0.678. The molecule has 27 heavy (non-hydrogen) atoms. The van der Waals surface area contributed by atoms with E-state index >= 15 is 0 Å². The number of benzene rings is 3. The van der Waals surface area contributed by atoms with Gasteiger partial charge in [-0.3, -0.25) is 4.79 Å². The van der Waals surface area contributed by atoms with Gasteiger partial charge in [0.05, 0.1) is 5.41 Å². The van der Waals surface area contributed by atoms with E-state index < -0.39 is 5.41 Å². The van der Waals surface area contributed by atoms with Crippen molar-refractivity contribution in [3.8, 4) is 11.8 Å². The van der Waals surface area contributed by atoms with Gasteiger partial charge in [-0.1, -0.05) is 60.4 Å². The molecule has 1 amide bonds. The smallest absolute Gasteiger partial charge is 0.236 e. The van der Waals surface area contributed by atoms with Gasteiger partial charge < -0.3 is 5.32 Å². The molecule has 1 heterocycles. The fourth-order valence-corrected chi connectivity index (χ4v) is 3.56. The molecule has 0 fully saturated rings. The summed E-state index contributed by atoms with van der Waals surface area (Å²) in [4.78, 5) is 13.0. The van der Waals surface area contributed by atoms with Gasteiger partial charge in [0.2, 0.25) is 5.91 Å². The summed E-state index contributed by atoms with van der Waals surface area (Å²) >= 11 is 0. The number of carbonyl (C=O) groups excluding carboxylic acids is 1. The molecule has 0 saturated carbocycles. The maximum absolute atomic E-state index is 13.1. The van der Waals surface area contributed by atoms with Crippen molar-refractivity contribution in [1.82, 2.24) is 0 Å². The molecule has 0 radical (unpaired) electrons. The number of carbonyl (C=O) groups is 1. The minimum Gasteiger partial charge on any atom is -0.325 e. The lowest BCUT2D eigenvalue weighted by molar-refractivity contribution is -0.120. The Morgan fingerprint density at radius 3 is 2.37 bits per heavy atom. The fraction of sp³-hybridized carbons (Fsp3) is 0.125. The predicted octanol–water partition coefficient (Wildman–Crippen LogP) is 4.70. The highest BCUT2D eigenvalue weighted by Gasteiger charge is 2.46. The van der Waals surface area contributed by atoms with E-state index in [1.807, 2.05) is 54.6 Å². The summed E-state index contributed by atoms with van der Waals surface area (Å²) in [6.45, 7) is 0. The Kier molecular flexibility index (Phi) is 4.48. The predicted molar refractivity (Wildman–Crippen MR) is 105 cm³/mol. The third-order valence-electron chi connectivity index (χ3n) is 4.94. The van der Waals surface area contributed by atoms with E-state index in [1.165, 1.54) is 12.1 Å². The van der Waals surface area contributed by atoms with E-state index in [2.05, 4.69) is 17.2 Å². The molecular weight excluding hydrogens is 337 g/mol. The molecule has 1 atom stereocenters. The third-order valence-corrected chi connectivity index (χ3v) is 4.94. The van der Waals surface area contributed by atoms with Gasteiger partial charge in [0.15, 0.2) is 0 Å². The van der Waals surface area contributed by atoms with Crippen LogP contribution >= 0.6 is 0 Å². The fourth-order valence-electron chi connectivity index (χ4n) is 3.56. The Morgan fingerprint density at radius 1 is 0.889 bits per heavy atom. The van der Waals surface area contributed by atoms with Gasteiger partial charge in [0.25, 0.3) is 0 Å². The van der Waals surface area contributed by atoms with Gasteiger partial charge in [-0.25, -0.2) is 4.39 Å². The number of para-hydroxylation sites is 1. The second-order valence-corrected chi connectivity index (χ2v) is 6.73. The number of nitrogens with one attached hydrogen (secondary N) is 1. The molecule has 1 N–H and O–H groups in total. The van der Waals surface area contributed by atoms with Crippen molar-refractivity contribution >= 4 is 11.6 Å². The summed E-state index contributed by atoms with van der Waals surface area (Å²) in [5.41, 5.74) is 2.92. The number of anilines is 1. The number of hydrogen-bond donors (Lipinski definition) is 1. The molecule has 0 unspecified atom stereocenters. The van der Waals surface area contributed by atoms with E-state index in [0.29, 0.717) is 12.8 Å². The zero-order valence-electron chi connectivity index (χ0n) is 14.7. The molecule has 3 aromatic carbocycles.